The lowest BCUT2D eigenvalue weighted by molar-refractivity contribution is 0.0705. The molecule has 0 aliphatic heterocycles. The Balaban J connectivity index is 2.21. The Labute approximate surface area is 116 Å². The summed E-state index contributed by atoms with van der Waals surface area (Å²) in [6.07, 6.45) is 1.96. The molecule has 0 unspecified atom stereocenters. The van der Waals surface area contributed by atoms with Crippen LogP contribution in [0.25, 0.3) is 0 Å². The summed E-state index contributed by atoms with van der Waals surface area (Å²) < 4.78 is 0. The van der Waals surface area contributed by atoms with Gasteiger partial charge in [-0.2, -0.15) is 0 Å². The van der Waals surface area contributed by atoms with E-state index in [-0.39, 0.29) is 4.83 Å². The van der Waals surface area contributed by atoms with E-state index in [4.69, 9.17) is 0 Å². The lowest BCUT2D eigenvalue weighted by atomic mass is 9.75. The van der Waals surface area contributed by atoms with Crippen molar-refractivity contribution in [3.63, 3.8) is 0 Å². The zero-order chi connectivity index (χ0) is 12.6. The number of fused-ring (bicyclic) bond motifs is 1. The van der Waals surface area contributed by atoms with Gasteiger partial charge in [-0.1, -0.05) is 70.5 Å². The first-order valence-electron chi connectivity index (χ1n) is 6.23. The van der Waals surface area contributed by atoms with E-state index >= 15 is 0 Å². The van der Waals surface area contributed by atoms with E-state index in [2.05, 4.69) is 22.0 Å². The van der Waals surface area contributed by atoms with Crippen molar-refractivity contribution >= 4 is 15.9 Å². The van der Waals surface area contributed by atoms with Crippen LogP contribution in [0.2, 0.25) is 0 Å². The van der Waals surface area contributed by atoms with Gasteiger partial charge in [0, 0.05) is 0 Å². The maximum Gasteiger partial charge on any atom is 0.127 e. The third-order valence-corrected chi connectivity index (χ3v) is 4.88. The minimum absolute atomic E-state index is 0.0577. The van der Waals surface area contributed by atoms with E-state index in [1.165, 1.54) is 5.56 Å². The Hall–Kier alpha value is -1.12. The fraction of sp³-hybridized carbons (Fsp3) is 0.250. The van der Waals surface area contributed by atoms with Crippen LogP contribution in [-0.4, -0.2) is 9.93 Å². The summed E-state index contributed by atoms with van der Waals surface area (Å²) >= 11 is 3.67. The van der Waals surface area contributed by atoms with Gasteiger partial charge in [0.25, 0.3) is 0 Å². The molecule has 1 N–H and O–H groups in total. The monoisotopic (exact) mass is 302 g/mol. The van der Waals surface area contributed by atoms with Crippen molar-refractivity contribution in [3.8, 4) is 0 Å². The molecule has 0 heterocycles. The highest BCUT2D eigenvalue weighted by Crippen LogP contribution is 2.43. The fourth-order valence-corrected chi connectivity index (χ4v) is 3.54. The molecule has 2 atom stereocenters. The largest absolute Gasteiger partial charge is 0.379 e. The van der Waals surface area contributed by atoms with E-state index < -0.39 is 5.60 Å². The van der Waals surface area contributed by atoms with Crippen LogP contribution in [0, 0.1) is 0 Å². The third-order valence-electron chi connectivity index (χ3n) is 3.76. The zero-order valence-electron chi connectivity index (χ0n) is 10.0. The SMILES string of the molecule is O[C@@]1(c2ccccc2)c2ccccc2CC[C@@H]1Br. The quantitative estimate of drug-likeness (QED) is 0.798. The standard InChI is InChI=1S/C16H15BrO/c17-15-11-10-12-6-4-5-9-14(12)16(15,18)13-7-2-1-3-8-13/h1-9,15,18H,10-11H2/t15-,16-/m0/s1. The number of alkyl halides is 1. The van der Waals surface area contributed by atoms with E-state index in [0.717, 1.165) is 24.0 Å². The van der Waals surface area contributed by atoms with Crippen LogP contribution in [0.3, 0.4) is 0 Å². The molecule has 0 amide bonds. The van der Waals surface area contributed by atoms with Gasteiger partial charge in [0.2, 0.25) is 0 Å². The van der Waals surface area contributed by atoms with Crippen molar-refractivity contribution in [2.45, 2.75) is 23.3 Å². The van der Waals surface area contributed by atoms with Gasteiger partial charge in [-0.25, -0.2) is 0 Å². The average Bonchev–Trinajstić information content (AvgIpc) is 2.44. The van der Waals surface area contributed by atoms with Crippen molar-refractivity contribution in [2.75, 3.05) is 0 Å². The predicted molar refractivity (Wildman–Crippen MR) is 76.9 cm³/mol. The summed E-state index contributed by atoms with van der Waals surface area (Å²) in [5, 5.41) is 11.2. The number of rotatable bonds is 1. The molecule has 0 radical (unpaired) electrons. The van der Waals surface area contributed by atoms with Gasteiger partial charge < -0.3 is 5.11 Å². The Morgan fingerprint density at radius 1 is 1.00 bits per heavy atom. The first-order chi connectivity index (χ1) is 8.73. The second-order valence-electron chi connectivity index (χ2n) is 4.80. The molecule has 1 nitrogen and oxygen atoms in total. The van der Waals surface area contributed by atoms with Gasteiger partial charge in [-0.3, -0.25) is 0 Å². The molecule has 92 valence electrons. The molecule has 18 heavy (non-hydrogen) atoms. The van der Waals surface area contributed by atoms with Gasteiger partial charge in [-0.15, -0.1) is 0 Å². The van der Waals surface area contributed by atoms with Crippen LogP contribution in [-0.2, 0) is 12.0 Å². The van der Waals surface area contributed by atoms with Gasteiger partial charge in [0.05, 0.1) is 4.83 Å². The van der Waals surface area contributed by atoms with Crippen molar-refractivity contribution in [3.05, 3.63) is 71.3 Å². The third kappa shape index (κ3) is 1.72. The molecule has 3 rings (SSSR count). The predicted octanol–water partition coefficient (Wildman–Crippen LogP) is 3.63. The van der Waals surface area contributed by atoms with Crippen molar-refractivity contribution in [1.82, 2.24) is 0 Å². The van der Waals surface area contributed by atoms with Gasteiger partial charge >= 0.3 is 0 Å². The molecule has 1 aliphatic carbocycles. The highest BCUT2D eigenvalue weighted by Gasteiger charge is 2.42. The van der Waals surface area contributed by atoms with Gasteiger partial charge in [0.15, 0.2) is 0 Å². The number of aliphatic hydroxyl groups is 1. The van der Waals surface area contributed by atoms with Crippen LogP contribution < -0.4 is 0 Å². The molecule has 1 aliphatic rings. The topological polar surface area (TPSA) is 20.2 Å². The highest BCUT2D eigenvalue weighted by molar-refractivity contribution is 9.09. The smallest absolute Gasteiger partial charge is 0.127 e. The molecule has 0 spiro atoms. The van der Waals surface area contributed by atoms with E-state index in [9.17, 15) is 5.11 Å². The second-order valence-corrected chi connectivity index (χ2v) is 5.90. The van der Waals surface area contributed by atoms with Crippen LogP contribution in [0.15, 0.2) is 54.6 Å². The molecule has 0 bridgehead atoms. The van der Waals surface area contributed by atoms with Crippen LogP contribution in [0.5, 0.6) is 0 Å². The Bertz CT molecular complexity index is 552. The normalized spacial score (nSPS) is 26.7. The first-order valence-corrected chi connectivity index (χ1v) is 7.15. The average molecular weight is 303 g/mol. The molecule has 0 saturated heterocycles. The van der Waals surface area contributed by atoms with Gasteiger partial charge in [-0.05, 0) is 29.5 Å². The summed E-state index contributed by atoms with van der Waals surface area (Å²) in [7, 11) is 0. The van der Waals surface area contributed by atoms with Crippen LogP contribution in [0.4, 0.5) is 0 Å². The molecule has 2 aromatic carbocycles. The molecular formula is C16H15BrO. The molecule has 0 fully saturated rings. The van der Waals surface area contributed by atoms with Gasteiger partial charge in [0.1, 0.15) is 5.60 Å². The highest BCUT2D eigenvalue weighted by atomic mass is 79.9. The van der Waals surface area contributed by atoms with Crippen LogP contribution in [0.1, 0.15) is 23.1 Å². The lowest BCUT2D eigenvalue weighted by Crippen LogP contribution is -2.41. The molecule has 0 aromatic heterocycles. The number of hydrogen-bond acceptors (Lipinski definition) is 1. The Kier molecular flexibility index (Phi) is 3.00. The number of hydrogen-bond donors (Lipinski definition) is 1. The zero-order valence-corrected chi connectivity index (χ0v) is 11.6. The Morgan fingerprint density at radius 3 is 2.44 bits per heavy atom. The summed E-state index contributed by atoms with van der Waals surface area (Å²) in [6.45, 7) is 0. The summed E-state index contributed by atoms with van der Waals surface area (Å²) in [6, 6.07) is 18.1. The van der Waals surface area contributed by atoms with Crippen molar-refractivity contribution in [1.29, 1.82) is 0 Å². The number of halogens is 1. The second kappa shape index (κ2) is 4.52. The molecule has 2 heteroatoms. The minimum atomic E-state index is -0.921. The minimum Gasteiger partial charge on any atom is -0.379 e. The molecule has 2 aromatic rings. The summed E-state index contributed by atoms with van der Waals surface area (Å²) in [5.41, 5.74) is 2.32. The molecular weight excluding hydrogens is 288 g/mol. The van der Waals surface area contributed by atoms with Crippen LogP contribution >= 0.6 is 15.9 Å². The summed E-state index contributed by atoms with van der Waals surface area (Å²) in [4.78, 5) is 0.0577. The van der Waals surface area contributed by atoms with Crippen molar-refractivity contribution in [2.24, 2.45) is 0 Å². The van der Waals surface area contributed by atoms with E-state index in [1.807, 2.05) is 48.5 Å². The molecule has 0 saturated carbocycles. The fourth-order valence-electron chi connectivity index (χ4n) is 2.80. The van der Waals surface area contributed by atoms with E-state index in [1.54, 1.807) is 0 Å². The van der Waals surface area contributed by atoms with E-state index in [0.29, 0.717) is 0 Å². The van der Waals surface area contributed by atoms with Crippen molar-refractivity contribution < 1.29 is 5.11 Å². The number of aryl methyl sites for hydroxylation is 1. The number of benzene rings is 2. The maximum absolute atomic E-state index is 11.2. The Morgan fingerprint density at radius 2 is 1.67 bits per heavy atom. The maximum atomic E-state index is 11.2. The lowest BCUT2D eigenvalue weighted by Gasteiger charge is -2.39. The summed E-state index contributed by atoms with van der Waals surface area (Å²) in [5.74, 6) is 0. The first kappa shape index (κ1) is 11.9.